The maximum absolute atomic E-state index is 2.47. The zero-order valence-electron chi connectivity index (χ0n) is 15.8. The number of aryl methyl sites for hydroxylation is 2. The first-order valence-corrected chi connectivity index (χ1v) is 11.3. The van der Waals surface area contributed by atoms with Gasteiger partial charge in [0.15, 0.2) is 8.07 Å². The van der Waals surface area contributed by atoms with Crippen molar-refractivity contribution < 1.29 is 0 Å². The van der Waals surface area contributed by atoms with Gasteiger partial charge in [0, 0.05) is 0 Å². The number of hydrogen-bond acceptors (Lipinski definition) is 0. The number of benzene rings is 3. The lowest BCUT2D eigenvalue weighted by Crippen LogP contribution is -2.55. The average Bonchev–Trinajstić information content (AvgIpc) is 2.69. The fraction of sp³-hybridized carbons (Fsp3) is 0.120. The van der Waals surface area contributed by atoms with Crippen molar-refractivity contribution in [2.75, 3.05) is 0 Å². The largest absolute Gasteiger partial charge is 0.164 e. The molecule has 0 heterocycles. The number of rotatable bonds is 5. The van der Waals surface area contributed by atoms with Crippen LogP contribution in [0.4, 0.5) is 0 Å². The summed E-state index contributed by atoms with van der Waals surface area (Å²) in [6, 6.07) is 28.5. The topological polar surface area (TPSA) is 0 Å². The van der Waals surface area contributed by atoms with Crippen LogP contribution in [0.5, 0.6) is 0 Å². The van der Waals surface area contributed by atoms with Gasteiger partial charge in [-0.05, 0) is 42.3 Å². The van der Waals surface area contributed by atoms with E-state index in [2.05, 4.69) is 123 Å². The van der Waals surface area contributed by atoms with E-state index < -0.39 is 8.07 Å². The minimum absolute atomic E-state index is 1.30. The summed E-state index contributed by atoms with van der Waals surface area (Å²) in [5.74, 6) is 0. The fourth-order valence-corrected chi connectivity index (χ4v) is 7.13. The van der Waals surface area contributed by atoms with Crippen molar-refractivity contribution in [2.24, 2.45) is 0 Å². The third kappa shape index (κ3) is 3.78. The minimum Gasteiger partial charge on any atom is -0.0945 e. The molecule has 0 aliphatic carbocycles. The van der Waals surface area contributed by atoms with Gasteiger partial charge in [-0.2, -0.15) is 0 Å². The molecule has 0 N–H and O–H groups in total. The zero-order chi connectivity index (χ0) is 18.4. The van der Waals surface area contributed by atoms with Crippen LogP contribution in [0.15, 0.2) is 96.3 Å². The summed E-state index contributed by atoms with van der Waals surface area (Å²) in [4.78, 5) is 0. The first-order chi connectivity index (χ1) is 12.7. The Morgan fingerprint density at radius 3 is 1.81 bits per heavy atom. The SMILES string of the molecule is CC=C[Si](C=Cc1cc(C)ccc1C)(c1ccccc1)c1ccccc1. The monoisotopic (exact) mass is 354 g/mol. The molecular formula is C25H26Si. The highest BCUT2D eigenvalue weighted by Crippen LogP contribution is 2.16. The van der Waals surface area contributed by atoms with Crippen molar-refractivity contribution in [3.63, 3.8) is 0 Å². The van der Waals surface area contributed by atoms with Gasteiger partial charge in [0.1, 0.15) is 0 Å². The molecule has 3 aromatic rings. The summed E-state index contributed by atoms with van der Waals surface area (Å²) in [6.45, 7) is 6.46. The van der Waals surface area contributed by atoms with Crippen molar-refractivity contribution in [3.05, 3.63) is 113 Å². The van der Waals surface area contributed by atoms with Crippen molar-refractivity contribution in [1.82, 2.24) is 0 Å². The Kier molecular flexibility index (Phi) is 5.70. The molecule has 0 radical (unpaired) electrons. The molecule has 0 saturated carbocycles. The highest BCUT2D eigenvalue weighted by Gasteiger charge is 2.31. The first-order valence-electron chi connectivity index (χ1n) is 9.17. The van der Waals surface area contributed by atoms with Crippen LogP contribution in [0, 0.1) is 13.8 Å². The molecule has 0 saturated heterocycles. The molecule has 0 bridgehead atoms. The third-order valence-electron chi connectivity index (χ3n) is 4.89. The molecule has 0 amide bonds. The second kappa shape index (κ2) is 8.16. The first kappa shape index (κ1) is 18.2. The minimum atomic E-state index is -2.13. The van der Waals surface area contributed by atoms with E-state index in [1.807, 2.05) is 0 Å². The van der Waals surface area contributed by atoms with E-state index in [4.69, 9.17) is 0 Å². The molecule has 26 heavy (non-hydrogen) atoms. The zero-order valence-corrected chi connectivity index (χ0v) is 16.8. The lowest BCUT2D eigenvalue weighted by atomic mass is 10.1. The molecule has 0 atom stereocenters. The highest BCUT2D eigenvalue weighted by atomic mass is 28.3. The predicted molar refractivity (Wildman–Crippen MR) is 118 cm³/mol. The quantitative estimate of drug-likeness (QED) is 0.550. The molecule has 3 rings (SSSR count). The van der Waals surface area contributed by atoms with Crippen molar-refractivity contribution in [3.8, 4) is 0 Å². The standard InChI is InChI=1S/C25H26Si/c1-4-18-26(24-11-7-5-8-12-24,25-13-9-6-10-14-25)19-17-23-20-21(2)15-16-22(23)3/h4-20H,1-3H3. The summed E-state index contributed by atoms with van der Waals surface area (Å²) in [6.07, 6.45) is 4.54. The van der Waals surface area contributed by atoms with Crippen molar-refractivity contribution in [2.45, 2.75) is 20.8 Å². The molecule has 3 aromatic carbocycles. The van der Waals surface area contributed by atoms with Crippen molar-refractivity contribution in [1.29, 1.82) is 0 Å². The Morgan fingerprint density at radius 2 is 1.27 bits per heavy atom. The molecule has 0 fully saturated rings. The second-order valence-electron chi connectivity index (χ2n) is 6.79. The van der Waals surface area contributed by atoms with E-state index in [0.717, 1.165) is 0 Å². The second-order valence-corrected chi connectivity index (χ2v) is 10.4. The molecular weight excluding hydrogens is 328 g/mol. The Balaban J connectivity index is 2.20. The summed E-state index contributed by atoms with van der Waals surface area (Å²) < 4.78 is 0. The third-order valence-corrected chi connectivity index (χ3v) is 9.02. The van der Waals surface area contributed by atoms with Gasteiger partial charge in [-0.15, -0.1) is 0 Å². The lowest BCUT2D eigenvalue weighted by molar-refractivity contribution is 1.38. The van der Waals surface area contributed by atoms with Crippen molar-refractivity contribution >= 4 is 24.5 Å². The van der Waals surface area contributed by atoms with Gasteiger partial charge in [0.25, 0.3) is 0 Å². The number of hydrogen-bond donors (Lipinski definition) is 0. The summed E-state index contributed by atoms with van der Waals surface area (Å²) in [5, 5.41) is 2.82. The molecule has 0 nitrogen and oxygen atoms in total. The van der Waals surface area contributed by atoms with Gasteiger partial charge >= 0.3 is 0 Å². The molecule has 1 heteroatoms. The van der Waals surface area contributed by atoms with E-state index in [1.54, 1.807) is 0 Å². The fourth-order valence-electron chi connectivity index (χ4n) is 3.46. The Morgan fingerprint density at radius 1 is 0.692 bits per heavy atom. The molecule has 0 aliphatic rings. The van der Waals surface area contributed by atoms with Crippen LogP contribution in [-0.2, 0) is 0 Å². The predicted octanol–water partition coefficient (Wildman–Crippen LogP) is 5.23. The Bertz CT molecular complexity index is 866. The Labute approximate surface area is 158 Å². The van der Waals surface area contributed by atoms with Gasteiger partial charge in [0.05, 0.1) is 0 Å². The van der Waals surface area contributed by atoms with Gasteiger partial charge in [0.2, 0.25) is 0 Å². The van der Waals surface area contributed by atoms with Crippen LogP contribution >= 0.6 is 0 Å². The van der Waals surface area contributed by atoms with Gasteiger partial charge in [-0.25, -0.2) is 0 Å². The lowest BCUT2D eigenvalue weighted by Gasteiger charge is -2.26. The van der Waals surface area contributed by atoms with E-state index in [-0.39, 0.29) is 0 Å². The van der Waals surface area contributed by atoms with Crippen LogP contribution in [0.2, 0.25) is 0 Å². The maximum atomic E-state index is 2.47. The normalized spacial score (nSPS) is 12.1. The Hall–Kier alpha value is -2.64. The van der Waals surface area contributed by atoms with Gasteiger partial charge < -0.3 is 0 Å². The van der Waals surface area contributed by atoms with E-state index in [1.165, 1.54) is 27.1 Å². The number of allylic oxidation sites excluding steroid dienone is 1. The van der Waals surface area contributed by atoms with Crippen LogP contribution in [0.25, 0.3) is 6.08 Å². The summed E-state index contributed by atoms with van der Waals surface area (Å²) >= 11 is 0. The van der Waals surface area contributed by atoms with E-state index >= 15 is 0 Å². The van der Waals surface area contributed by atoms with Gasteiger partial charge in [-0.3, -0.25) is 0 Å². The smallest absolute Gasteiger partial charge is 0.0945 e. The average molecular weight is 355 g/mol. The summed E-state index contributed by atoms with van der Waals surface area (Å²) in [5.41, 5.74) is 8.82. The van der Waals surface area contributed by atoms with Crippen LogP contribution in [-0.4, -0.2) is 8.07 Å². The molecule has 130 valence electrons. The van der Waals surface area contributed by atoms with Crippen LogP contribution < -0.4 is 10.4 Å². The molecule has 0 unspecified atom stereocenters. The highest BCUT2D eigenvalue weighted by molar-refractivity contribution is 7.09. The molecule has 0 aliphatic heterocycles. The van der Waals surface area contributed by atoms with Gasteiger partial charge in [-0.1, -0.05) is 108 Å². The summed E-state index contributed by atoms with van der Waals surface area (Å²) in [7, 11) is -2.13. The van der Waals surface area contributed by atoms with E-state index in [9.17, 15) is 0 Å². The molecule has 0 aromatic heterocycles. The van der Waals surface area contributed by atoms with E-state index in [0.29, 0.717) is 0 Å². The molecule has 0 spiro atoms. The van der Waals surface area contributed by atoms with Crippen LogP contribution in [0.1, 0.15) is 23.6 Å². The van der Waals surface area contributed by atoms with Crippen LogP contribution in [0.3, 0.4) is 0 Å². The maximum Gasteiger partial charge on any atom is 0.164 e.